The molecule has 0 atom stereocenters. The predicted octanol–water partition coefficient (Wildman–Crippen LogP) is 3.03. The molecule has 3 aromatic rings. The third-order valence-corrected chi connectivity index (χ3v) is 4.87. The summed E-state index contributed by atoms with van der Waals surface area (Å²) in [6.45, 7) is 2.70. The average Bonchev–Trinajstić information content (AvgIpc) is 3.18. The van der Waals surface area contributed by atoms with Crippen molar-refractivity contribution >= 4 is 18.3 Å². The molecule has 0 saturated heterocycles. The van der Waals surface area contributed by atoms with Crippen molar-refractivity contribution in [3.8, 4) is 5.75 Å². The zero-order valence-electron chi connectivity index (χ0n) is 16.1. The Balaban J connectivity index is 0.00000240. The van der Waals surface area contributed by atoms with Crippen LogP contribution in [0.25, 0.3) is 0 Å². The molecule has 0 unspecified atom stereocenters. The van der Waals surface area contributed by atoms with Gasteiger partial charge in [0.05, 0.1) is 0 Å². The summed E-state index contributed by atoms with van der Waals surface area (Å²) in [4.78, 5) is 12.4. The van der Waals surface area contributed by atoms with Crippen LogP contribution in [-0.4, -0.2) is 29.2 Å². The van der Waals surface area contributed by atoms with Crippen LogP contribution >= 0.6 is 12.4 Å². The fourth-order valence-electron chi connectivity index (χ4n) is 3.35. The van der Waals surface area contributed by atoms with Gasteiger partial charge in [0.25, 0.3) is 5.91 Å². The zero-order valence-corrected chi connectivity index (χ0v) is 16.9. The number of ether oxygens (including phenoxy) is 1. The Bertz CT molecular complexity index is 943. The van der Waals surface area contributed by atoms with E-state index in [-0.39, 0.29) is 18.3 Å². The van der Waals surface area contributed by atoms with E-state index in [0.29, 0.717) is 25.4 Å². The van der Waals surface area contributed by atoms with Crippen molar-refractivity contribution in [2.75, 3.05) is 13.1 Å². The van der Waals surface area contributed by atoms with Gasteiger partial charge in [0.1, 0.15) is 12.4 Å². The first kappa shape index (κ1) is 20.9. The van der Waals surface area contributed by atoms with E-state index >= 15 is 0 Å². The van der Waals surface area contributed by atoms with E-state index in [2.05, 4.69) is 20.8 Å². The largest absolute Gasteiger partial charge is 0.489 e. The first-order chi connectivity index (χ1) is 13.8. The lowest BCUT2D eigenvalue weighted by molar-refractivity contribution is 0.0948. The van der Waals surface area contributed by atoms with Crippen molar-refractivity contribution in [2.24, 2.45) is 0 Å². The normalized spacial score (nSPS) is 12.6. The number of nitrogens with zero attached hydrogens (tertiary/aromatic N) is 1. The summed E-state index contributed by atoms with van der Waals surface area (Å²) >= 11 is 0. The van der Waals surface area contributed by atoms with Crippen LogP contribution < -0.4 is 15.4 Å². The van der Waals surface area contributed by atoms with Gasteiger partial charge in [0.2, 0.25) is 0 Å². The van der Waals surface area contributed by atoms with Crippen molar-refractivity contribution < 1.29 is 9.53 Å². The van der Waals surface area contributed by atoms with Crippen LogP contribution in [0.1, 0.15) is 32.9 Å². The summed E-state index contributed by atoms with van der Waals surface area (Å²) in [7, 11) is 0. The van der Waals surface area contributed by atoms with Crippen LogP contribution in [0, 0.1) is 0 Å². The molecule has 1 aliphatic rings. The molecule has 3 N–H and O–H groups in total. The third kappa shape index (κ3) is 5.37. The molecule has 1 aliphatic heterocycles. The standard InChI is InChI=1S/C22H24N4O2.ClH/c27-22(21-19-14-23-11-10-20(19)25-26-21)24-12-9-16-7-4-8-18(13-16)28-15-17-5-2-1-3-6-17;/h1-8,13,23H,9-12,14-15H2,(H,24,27)(H,25,26);1H. The Labute approximate surface area is 176 Å². The Hall–Kier alpha value is -2.83. The van der Waals surface area contributed by atoms with Gasteiger partial charge < -0.3 is 15.4 Å². The maximum absolute atomic E-state index is 12.4. The van der Waals surface area contributed by atoms with Crippen LogP contribution in [0.5, 0.6) is 5.75 Å². The first-order valence-electron chi connectivity index (χ1n) is 9.60. The van der Waals surface area contributed by atoms with Crippen molar-refractivity contribution in [1.82, 2.24) is 20.8 Å². The smallest absolute Gasteiger partial charge is 0.272 e. The van der Waals surface area contributed by atoms with E-state index in [1.54, 1.807) is 0 Å². The molecule has 0 bridgehead atoms. The third-order valence-electron chi connectivity index (χ3n) is 4.87. The summed E-state index contributed by atoms with van der Waals surface area (Å²) in [5.41, 5.74) is 4.81. The predicted molar refractivity (Wildman–Crippen MR) is 114 cm³/mol. The highest BCUT2D eigenvalue weighted by Crippen LogP contribution is 2.17. The maximum atomic E-state index is 12.4. The van der Waals surface area contributed by atoms with E-state index in [1.165, 1.54) is 0 Å². The molecule has 0 radical (unpaired) electrons. The summed E-state index contributed by atoms with van der Waals surface area (Å²) in [5.74, 6) is 0.706. The number of rotatable bonds is 7. The van der Waals surface area contributed by atoms with E-state index in [9.17, 15) is 4.79 Å². The molecular weight excluding hydrogens is 388 g/mol. The monoisotopic (exact) mass is 412 g/mol. The van der Waals surface area contributed by atoms with Gasteiger partial charge in [-0.05, 0) is 29.7 Å². The second kappa shape index (κ2) is 10.1. The Morgan fingerprint density at radius 3 is 2.79 bits per heavy atom. The minimum absolute atomic E-state index is 0. The van der Waals surface area contributed by atoms with Crippen molar-refractivity contribution in [3.63, 3.8) is 0 Å². The van der Waals surface area contributed by atoms with Gasteiger partial charge in [0, 0.05) is 37.3 Å². The number of fused-ring (bicyclic) bond motifs is 1. The highest BCUT2D eigenvalue weighted by molar-refractivity contribution is 5.94. The SMILES string of the molecule is Cl.O=C(NCCc1cccc(OCc2ccccc2)c1)c1n[nH]c2c1CNCC2. The van der Waals surface area contributed by atoms with Crippen molar-refractivity contribution in [3.05, 3.63) is 82.7 Å². The molecule has 0 saturated carbocycles. The minimum atomic E-state index is -0.127. The molecule has 2 heterocycles. The molecule has 29 heavy (non-hydrogen) atoms. The number of aromatic nitrogens is 2. The summed E-state index contributed by atoms with van der Waals surface area (Å²) in [6.07, 6.45) is 1.62. The van der Waals surface area contributed by atoms with Gasteiger partial charge in [-0.3, -0.25) is 9.89 Å². The number of hydrogen-bond acceptors (Lipinski definition) is 4. The number of nitrogens with one attached hydrogen (secondary N) is 3. The highest BCUT2D eigenvalue weighted by Gasteiger charge is 2.21. The number of aromatic amines is 1. The van der Waals surface area contributed by atoms with Crippen LogP contribution in [0.2, 0.25) is 0 Å². The maximum Gasteiger partial charge on any atom is 0.272 e. The minimum Gasteiger partial charge on any atom is -0.489 e. The molecule has 1 aromatic heterocycles. The molecule has 2 aromatic carbocycles. The number of carbonyl (C=O) groups excluding carboxylic acids is 1. The Morgan fingerprint density at radius 2 is 1.93 bits per heavy atom. The van der Waals surface area contributed by atoms with Crippen LogP contribution in [0.3, 0.4) is 0 Å². The van der Waals surface area contributed by atoms with E-state index in [4.69, 9.17) is 4.74 Å². The number of halogens is 1. The second-order valence-corrected chi connectivity index (χ2v) is 6.88. The van der Waals surface area contributed by atoms with E-state index in [0.717, 1.165) is 47.5 Å². The zero-order chi connectivity index (χ0) is 19.2. The Morgan fingerprint density at radius 1 is 1.10 bits per heavy atom. The fourth-order valence-corrected chi connectivity index (χ4v) is 3.35. The lowest BCUT2D eigenvalue weighted by Gasteiger charge is -2.13. The molecule has 1 amide bonds. The quantitative estimate of drug-likeness (QED) is 0.557. The number of benzene rings is 2. The molecule has 7 heteroatoms. The number of amides is 1. The van der Waals surface area contributed by atoms with Gasteiger partial charge in [-0.25, -0.2) is 0 Å². The van der Waals surface area contributed by atoms with Crippen LogP contribution in [-0.2, 0) is 26.0 Å². The van der Waals surface area contributed by atoms with Crippen LogP contribution in [0.15, 0.2) is 54.6 Å². The lowest BCUT2D eigenvalue weighted by atomic mass is 10.1. The van der Waals surface area contributed by atoms with E-state index < -0.39 is 0 Å². The lowest BCUT2D eigenvalue weighted by Crippen LogP contribution is -2.29. The van der Waals surface area contributed by atoms with Gasteiger partial charge in [-0.1, -0.05) is 42.5 Å². The molecule has 152 valence electrons. The Kier molecular flexibility index (Phi) is 7.27. The summed E-state index contributed by atoms with van der Waals surface area (Å²) in [5, 5.41) is 13.4. The van der Waals surface area contributed by atoms with Crippen LogP contribution in [0.4, 0.5) is 0 Å². The van der Waals surface area contributed by atoms with Gasteiger partial charge >= 0.3 is 0 Å². The average molecular weight is 413 g/mol. The first-order valence-corrected chi connectivity index (χ1v) is 9.60. The number of H-pyrrole nitrogens is 1. The molecule has 0 spiro atoms. The molecular formula is C22H25ClN4O2. The van der Waals surface area contributed by atoms with Gasteiger partial charge in [-0.15, -0.1) is 12.4 Å². The fraction of sp³-hybridized carbons (Fsp3) is 0.273. The van der Waals surface area contributed by atoms with Crippen molar-refractivity contribution in [1.29, 1.82) is 0 Å². The van der Waals surface area contributed by atoms with Gasteiger partial charge in [0.15, 0.2) is 5.69 Å². The molecule has 0 aliphatic carbocycles. The number of carbonyl (C=O) groups is 1. The molecule has 0 fully saturated rings. The molecule has 6 nitrogen and oxygen atoms in total. The highest BCUT2D eigenvalue weighted by atomic mass is 35.5. The summed E-state index contributed by atoms with van der Waals surface area (Å²) in [6, 6.07) is 18.1. The van der Waals surface area contributed by atoms with Crippen molar-refractivity contribution in [2.45, 2.75) is 26.0 Å². The molecule has 4 rings (SSSR count). The second-order valence-electron chi connectivity index (χ2n) is 6.88. The topological polar surface area (TPSA) is 79.0 Å². The van der Waals surface area contributed by atoms with Gasteiger partial charge in [-0.2, -0.15) is 5.10 Å². The number of hydrogen-bond donors (Lipinski definition) is 3. The van der Waals surface area contributed by atoms with E-state index in [1.807, 2.05) is 54.6 Å². The summed E-state index contributed by atoms with van der Waals surface area (Å²) < 4.78 is 5.87.